The molecule has 1 heterocycles. The minimum atomic E-state index is -1.02. The smallest absolute Gasteiger partial charge is 0.347 e. The minimum absolute atomic E-state index is 0.0821. The lowest BCUT2D eigenvalue weighted by atomic mass is 10.2. The third kappa shape index (κ3) is 5.43. The zero-order valence-corrected chi connectivity index (χ0v) is 19.7. The van der Waals surface area contributed by atoms with E-state index in [9.17, 15) is 19.7 Å². The van der Waals surface area contributed by atoms with Gasteiger partial charge in [0.15, 0.2) is 11.9 Å². The summed E-state index contributed by atoms with van der Waals surface area (Å²) < 4.78 is 12.2. The van der Waals surface area contributed by atoms with Gasteiger partial charge >= 0.3 is 11.7 Å². The SMILES string of the molecule is CCOC(=O)[C@H](C)Oc1ccc(C=Nn2c(CC)nc3ccc(Br)cc3c2=O)cc1[N+](=O)[O-]. The van der Waals surface area contributed by atoms with Crippen molar-refractivity contribution in [2.75, 3.05) is 6.61 Å². The second kappa shape index (κ2) is 10.3. The van der Waals surface area contributed by atoms with Gasteiger partial charge in [0.05, 0.1) is 28.6 Å². The Kier molecular flexibility index (Phi) is 7.54. The molecule has 0 saturated carbocycles. The van der Waals surface area contributed by atoms with E-state index in [2.05, 4.69) is 26.0 Å². The van der Waals surface area contributed by atoms with Crippen LogP contribution in [0.4, 0.5) is 5.69 Å². The Morgan fingerprint density at radius 3 is 2.73 bits per heavy atom. The second-order valence-electron chi connectivity index (χ2n) is 6.90. The lowest BCUT2D eigenvalue weighted by molar-refractivity contribution is -0.386. The summed E-state index contributed by atoms with van der Waals surface area (Å²) in [5, 5.41) is 16.2. The van der Waals surface area contributed by atoms with E-state index in [1.807, 2.05) is 6.92 Å². The van der Waals surface area contributed by atoms with Crippen molar-refractivity contribution in [3.63, 3.8) is 0 Å². The summed E-state index contributed by atoms with van der Waals surface area (Å²) >= 11 is 3.35. The maximum Gasteiger partial charge on any atom is 0.347 e. The molecule has 0 aliphatic heterocycles. The average Bonchev–Trinajstić information content (AvgIpc) is 2.79. The van der Waals surface area contributed by atoms with Gasteiger partial charge in [-0.2, -0.15) is 9.78 Å². The first-order valence-corrected chi connectivity index (χ1v) is 10.9. The summed E-state index contributed by atoms with van der Waals surface area (Å²) in [6, 6.07) is 9.36. The summed E-state index contributed by atoms with van der Waals surface area (Å²) in [6.07, 6.45) is 0.770. The van der Waals surface area contributed by atoms with Crippen LogP contribution in [0.3, 0.4) is 0 Å². The molecule has 0 saturated heterocycles. The quantitative estimate of drug-likeness (QED) is 0.192. The highest BCUT2D eigenvalue weighted by Gasteiger charge is 2.22. The molecule has 0 amide bonds. The van der Waals surface area contributed by atoms with Gasteiger partial charge in [0.1, 0.15) is 5.82 Å². The summed E-state index contributed by atoms with van der Waals surface area (Å²) in [6.45, 7) is 5.12. The van der Waals surface area contributed by atoms with Gasteiger partial charge in [0.2, 0.25) is 0 Å². The van der Waals surface area contributed by atoms with Crippen LogP contribution in [-0.4, -0.2) is 39.5 Å². The first kappa shape index (κ1) is 24.1. The molecule has 0 unspecified atom stereocenters. The molecule has 172 valence electrons. The van der Waals surface area contributed by atoms with Crippen molar-refractivity contribution in [3.8, 4) is 5.75 Å². The molecule has 0 fully saturated rings. The number of carbonyl (C=O) groups is 1. The van der Waals surface area contributed by atoms with Crippen LogP contribution in [0.15, 0.2) is 50.8 Å². The molecule has 10 nitrogen and oxygen atoms in total. The van der Waals surface area contributed by atoms with Gasteiger partial charge in [-0.3, -0.25) is 14.9 Å². The largest absolute Gasteiger partial charge is 0.472 e. The van der Waals surface area contributed by atoms with E-state index in [4.69, 9.17) is 9.47 Å². The Balaban J connectivity index is 1.97. The lowest BCUT2D eigenvalue weighted by Gasteiger charge is -2.13. The molecule has 3 aromatic rings. The fourth-order valence-corrected chi connectivity index (χ4v) is 3.38. The van der Waals surface area contributed by atoms with E-state index in [0.717, 1.165) is 4.47 Å². The second-order valence-corrected chi connectivity index (χ2v) is 7.82. The predicted molar refractivity (Wildman–Crippen MR) is 126 cm³/mol. The van der Waals surface area contributed by atoms with Gasteiger partial charge in [-0.1, -0.05) is 22.9 Å². The maximum absolute atomic E-state index is 13.0. The molecule has 11 heteroatoms. The van der Waals surface area contributed by atoms with Crippen molar-refractivity contribution in [1.29, 1.82) is 0 Å². The van der Waals surface area contributed by atoms with Crippen molar-refractivity contribution in [2.24, 2.45) is 5.10 Å². The molecular weight excluding hydrogens is 496 g/mol. The van der Waals surface area contributed by atoms with Crippen LogP contribution in [0.25, 0.3) is 10.9 Å². The van der Waals surface area contributed by atoms with Crippen LogP contribution >= 0.6 is 15.9 Å². The number of benzene rings is 2. The molecule has 3 rings (SSSR count). The summed E-state index contributed by atoms with van der Waals surface area (Å²) in [4.78, 5) is 40.2. The number of ether oxygens (including phenoxy) is 2. The van der Waals surface area contributed by atoms with Gasteiger partial charge in [-0.05, 0) is 44.2 Å². The average molecular weight is 517 g/mol. The summed E-state index contributed by atoms with van der Waals surface area (Å²) in [7, 11) is 0. The standard InChI is InChI=1S/C22H21BrN4O6/c1-4-20-25-17-8-7-15(23)11-16(17)21(28)26(20)24-12-14-6-9-19(18(10-14)27(30)31)33-13(3)22(29)32-5-2/h6-13H,4-5H2,1-3H3/t13-/m0/s1. The fraction of sp³-hybridized carbons (Fsp3) is 0.273. The molecule has 0 aliphatic rings. The number of nitro groups is 1. The molecule has 0 spiro atoms. The maximum atomic E-state index is 13.0. The number of aryl methyl sites for hydroxylation is 1. The number of hydrogen-bond donors (Lipinski definition) is 0. The fourth-order valence-electron chi connectivity index (χ4n) is 3.02. The van der Waals surface area contributed by atoms with Crippen molar-refractivity contribution in [1.82, 2.24) is 9.66 Å². The van der Waals surface area contributed by atoms with E-state index in [1.165, 1.54) is 36.0 Å². The third-order valence-electron chi connectivity index (χ3n) is 4.62. The Morgan fingerprint density at radius 1 is 1.30 bits per heavy atom. The predicted octanol–water partition coefficient (Wildman–Crippen LogP) is 3.84. The number of aromatic nitrogens is 2. The monoisotopic (exact) mass is 516 g/mol. The van der Waals surface area contributed by atoms with Crippen molar-refractivity contribution in [2.45, 2.75) is 33.3 Å². The number of nitrogens with zero attached hydrogens (tertiary/aromatic N) is 4. The number of rotatable bonds is 8. The highest BCUT2D eigenvalue weighted by Crippen LogP contribution is 2.28. The van der Waals surface area contributed by atoms with Crippen molar-refractivity contribution >= 4 is 44.7 Å². The number of hydrogen-bond acceptors (Lipinski definition) is 8. The van der Waals surface area contributed by atoms with Gasteiger partial charge in [-0.15, -0.1) is 0 Å². The molecule has 2 aromatic carbocycles. The highest BCUT2D eigenvalue weighted by atomic mass is 79.9. The zero-order chi connectivity index (χ0) is 24.1. The third-order valence-corrected chi connectivity index (χ3v) is 5.11. The molecular formula is C22H21BrN4O6. The van der Waals surface area contributed by atoms with E-state index in [0.29, 0.717) is 28.7 Å². The van der Waals surface area contributed by atoms with Crippen molar-refractivity contribution in [3.05, 3.63) is 72.7 Å². The Bertz CT molecular complexity index is 1300. The zero-order valence-electron chi connectivity index (χ0n) is 18.1. The number of fused-ring (bicyclic) bond motifs is 1. The molecule has 0 radical (unpaired) electrons. The topological polar surface area (TPSA) is 126 Å². The lowest BCUT2D eigenvalue weighted by Crippen LogP contribution is -2.26. The number of halogens is 1. The van der Waals surface area contributed by atoms with Crippen LogP contribution in [0, 0.1) is 10.1 Å². The van der Waals surface area contributed by atoms with Gasteiger partial charge < -0.3 is 9.47 Å². The first-order chi connectivity index (χ1) is 15.7. The molecule has 1 aromatic heterocycles. The Hall–Kier alpha value is -3.60. The van der Waals surface area contributed by atoms with Crippen LogP contribution in [-0.2, 0) is 16.0 Å². The van der Waals surface area contributed by atoms with E-state index in [-0.39, 0.29) is 23.6 Å². The molecule has 33 heavy (non-hydrogen) atoms. The Morgan fingerprint density at radius 2 is 2.06 bits per heavy atom. The molecule has 0 N–H and O–H groups in total. The van der Waals surface area contributed by atoms with Crippen LogP contribution in [0.5, 0.6) is 5.75 Å². The van der Waals surface area contributed by atoms with E-state index >= 15 is 0 Å². The number of carbonyl (C=O) groups excluding carboxylic acids is 1. The van der Waals surface area contributed by atoms with Crippen molar-refractivity contribution < 1.29 is 19.2 Å². The number of nitro benzene ring substituents is 1. The molecule has 1 atom stereocenters. The highest BCUT2D eigenvalue weighted by molar-refractivity contribution is 9.10. The van der Waals surface area contributed by atoms with Crippen LogP contribution in [0.1, 0.15) is 32.2 Å². The normalized spacial score (nSPS) is 12.1. The molecule has 0 aliphatic carbocycles. The minimum Gasteiger partial charge on any atom is -0.472 e. The van der Waals surface area contributed by atoms with E-state index in [1.54, 1.807) is 25.1 Å². The van der Waals surface area contributed by atoms with Crippen LogP contribution in [0.2, 0.25) is 0 Å². The van der Waals surface area contributed by atoms with E-state index < -0.39 is 17.0 Å². The molecule has 0 bridgehead atoms. The number of esters is 1. The Labute approximate surface area is 197 Å². The van der Waals surface area contributed by atoms with Crippen LogP contribution < -0.4 is 10.3 Å². The summed E-state index contributed by atoms with van der Waals surface area (Å²) in [5.74, 6) is -0.260. The van der Waals surface area contributed by atoms with Gasteiger partial charge in [-0.25, -0.2) is 9.78 Å². The first-order valence-electron chi connectivity index (χ1n) is 10.1. The summed E-state index contributed by atoms with van der Waals surface area (Å²) in [5.41, 5.74) is 0.214. The van der Waals surface area contributed by atoms with Gasteiger partial charge in [0.25, 0.3) is 5.56 Å². The van der Waals surface area contributed by atoms with Gasteiger partial charge in [0, 0.05) is 22.5 Å².